The fraction of sp³-hybridized carbons (Fsp3) is 0.500. The summed E-state index contributed by atoms with van der Waals surface area (Å²) in [5.41, 5.74) is 0. The Morgan fingerprint density at radius 3 is 2.56 bits per heavy atom. The zero-order valence-electron chi connectivity index (χ0n) is 15.7. The van der Waals surface area contributed by atoms with Crippen molar-refractivity contribution in [3.05, 3.63) is 40.9 Å². The Bertz CT molecular complexity index is 812. The Hall–Kier alpha value is -2.39. The second-order valence-electron chi connectivity index (χ2n) is 6.30. The van der Waals surface area contributed by atoms with E-state index in [0.29, 0.717) is 37.7 Å². The monoisotopic (exact) mass is 391 g/mol. The second kappa shape index (κ2) is 9.01. The van der Waals surface area contributed by atoms with Gasteiger partial charge in [0.15, 0.2) is 10.6 Å². The predicted octanol–water partition coefficient (Wildman–Crippen LogP) is 2.26. The largest absolute Gasteiger partial charge is 0.486 e. The molecule has 0 N–H and O–H groups in total. The molecule has 1 saturated heterocycles. The molecule has 0 spiro atoms. The number of aromatic nitrogens is 3. The summed E-state index contributed by atoms with van der Waals surface area (Å²) in [7, 11) is 1.90. The molecule has 1 aromatic carbocycles. The summed E-state index contributed by atoms with van der Waals surface area (Å²) >= 11 is 5.51. The molecule has 0 aliphatic carbocycles. The van der Waals surface area contributed by atoms with E-state index >= 15 is 0 Å². The maximum atomic E-state index is 11.8. The molecule has 3 rings (SSSR count). The van der Waals surface area contributed by atoms with Gasteiger partial charge < -0.3 is 18.9 Å². The van der Waals surface area contributed by atoms with Crippen molar-refractivity contribution in [3.63, 3.8) is 0 Å². The van der Waals surface area contributed by atoms with Gasteiger partial charge in [-0.05, 0) is 31.3 Å². The number of amides is 1. The van der Waals surface area contributed by atoms with E-state index in [1.54, 1.807) is 9.58 Å². The molecule has 0 radical (unpaired) electrons. The van der Waals surface area contributed by atoms with Crippen LogP contribution in [0.2, 0.25) is 0 Å². The lowest BCUT2D eigenvalue weighted by Crippen LogP contribution is -2.49. The van der Waals surface area contributed by atoms with Crippen LogP contribution in [0.15, 0.2) is 30.3 Å². The second-order valence-corrected chi connectivity index (χ2v) is 6.67. The van der Waals surface area contributed by atoms with E-state index in [0.717, 1.165) is 24.7 Å². The molecule has 1 aliphatic heterocycles. The van der Waals surface area contributed by atoms with Crippen molar-refractivity contribution in [2.45, 2.75) is 20.2 Å². The van der Waals surface area contributed by atoms with Gasteiger partial charge in [-0.15, -0.1) is 0 Å². The van der Waals surface area contributed by atoms with Crippen molar-refractivity contribution in [1.29, 1.82) is 0 Å². The SMILES string of the molecule is CCOC(=O)N1CCN(Cn2nc(COc3ccccc3)n(C)c2=S)CC1. The fourth-order valence-electron chi connectivity index (χ4n) is 2.89. The Kier molecular flexibility index (Phi) is 6.46. The van der Waals surface area contributed by atoms with Crippen molar-refractivity contribution in [1.82, 2.24) is 24.1 Å². The lowest BCUT2D eigenvalue weighted by Gasteiger charge is -2.33. The minimum Gasteiger partial charge on any atom is -0.486 e. The summed E-state index contributed by atoms with van der Waals surface area (Å²) in [6.45, 7) is 5.96. The quantitative estimate of drug-likeness (QED) is 0.704. The van der Waals surface area contributed by atoms with Crippen LogP contribution in [0.1, 0.15) is 12.7 Å². The summed E-state index contributed by atoms with van der Waals surface area (Å²) in [4.78, 5) is 15.7. The van der Waals surface area contributed by atoms with Crippen LogP contribution in [-0.4, -0.2) is 63.0 Å². The fourth-order valence-corrected chi connectivity index (χ4v) is 3.10. The van der Waals surface area contributed by atoms with Gasteiger partial charge in [0.05, 0.1) is 13.3 Å². The molecule has 0 bridgehead atoms. The number of nitrogens with zero attached hydrogens (tertiary/aromatic N) is 5. The maximum absolute atomic E-state index is 11.8. The first-order valence-corrected chi connectivity index (χ1v) is 9.44. The summed E-state index contributed by atoms with van der Waals surface area (Å²) in [6, 6.07) is 9.64. The molecule has 9 heteroatoms. The number of hydrogen-bond acceptors (Lipinski definition) is 6. The standard InChI is InChI=1S/C18H25N5O3S/c1-3-25-18(24)22-11-9-21(10-12-22)14-23-17(27)20(2)16(19-23)13-26-15-7-5-4-6-8-15/h4-8H,3,9-14H2,1-2H3. The average molecular weight is 391 g/mol. The molecule has 1 aromatic heterocycles. The molecule has 8 nitrogen and oxygen atoms in total. The Morgan fingerprint density at radius 1 is 1.19 bits per heavy atom. The molecule has 2 heterocycles. The van der Waals surface area contributed by atoms with Crippen LogP contribution in [0.5, 0.6) is 5.75 Å². The van der Waals surface area contributed by atoms with Crippen molar-refractivity contribution in [2.24, 2.45) is 7.05 Å². The molecule has 1 aliphatic rings. The van der Waals surface area contributed by atoms with Gasteiger partial charge in [0, 0.05) is 33.2 Å². The van der Waals surface area contributed by atoms with E-state index in [1.165, 1.54) is 0 Å². The van der Waals surface area contributed by atoms with Crippen molar-refractivity contribution < 1.29 is 14.3 Å². The summed E-state index contributed by atoms with van der Waals surface area (Å²) in [5, 5.41) is 4.61. The predicted molar refractivity (Wildman–Crippen MR) is 103 cm³/mol. The van der Waals surface area contributed by atoms with Crippen molar-refractivity contribution >= 4 is 18.3 Å². The van der Waals surface area contributed by atoms with Gasteiger partial charge in [-0.1, -0.05) is 18.2 Å². The lowest BCUT2D eigenvalue weighted by molar-refractivity contribution is 0.0689. The van der Waals surface area contributed by atoms with Crippen LogP contribution in [-0.2, 0) is 25.1 Å². The highest BCUT2D eigenvalue weighted by Gasteiger charge is 2.22. The van der Waals surface area contributed by atoms with E-state index < -0.39 is 0 Å². The summed E-state index contributed by atoms with van der Waals surface area (Å²) < 4.78 is 15.2. The van der Waals surface area contributed by atoms with Gasteiger partial charge in [-0.2, -0.15) is 5.10 Å². The smallest absolute Gasteiger partial charge is 0.409 e. The van der Waals surface area contributed by atoms with Crippen LogP contribution in [0, 0.1) is 4.77 Å². The number of piperazine rings is 1. The molecular weight excluding hydrogens is 366 g/mol. The Balaban J connectivity index is 1.57. The van der Waals surface area contributed by atoms with Gasteiger partial charge in [0.1, 0.15) is 12.4 Å². The third-order valence-corrected chi connectivity index (χ3v) is 4.96. The normalized spacial score (nSPS) is 15.0. The van der Waals surface area contributed by atoms with Gasteiger partial charge >= 0.3 is 6.09 Å². The molecule has 1 amide bonds. The Morgan fingerprint density at radius 2 is 1.89 bits per heavy atom. The van der Waals surface area contributed by atoms with Gasteiger partial charge in [-0.3, -0.25) is 4.90 Å². The number of benzene rings is 1. The Labute approximate surface area is 163 Å². The molecule has 146 valence electrons. The molecule has 0 unspecified atom stereocenters. The van der Waals surface area contributed by atoms with Crippen LogP contribution >= 0.6 is 12.2 Å². The third-order valence-electron chi connectivity index (χ3n) is 4.47. The van der Waals surface area contributed by atoms with Gasteiger partial charge in [-0.25, -0.2) is 9.48 Å². The van der Waals surface area contributed by atoms with Crippen molar-refractivity contribution in [2.75, 3.05) is 32.8 Å². The third kappa shape index (κ3) is 4.86. The highest BCUT2D eigenvalue weighted by molar-refractivity contribution is 7.71. The van der Waals surface area contributed by atoms with E-state index in [2.05, 4.69) is 10.00 Å². The van der Waals surface area contributed by atoms with Gasteiger partial charge in [0.25, 0.3) is 0 Å². The number of carbonyl (C=O) groups is 1. The molecule has 1 fully saturated rings. The number of ether oxygens (including phenoxy) is 2. The zero-order chi connectivity index (χ0) is 19.2. The molecular formula is C18H25N5O3S. The summed E-state index contributed by atoms with van der Waals surface area (Å²) in [6.07, 6.45) is -0.244. The highest BCUT2D eigenvalue weighted by Crippen LogP contribution is 2.12. The van der Waals surface area contributed by atoms with E-state index in [4.69, 9.17) is 21.7 Å². The van der Waals surface area contributed by atoms with Crippen LogP contribution in [0.25, 0.3) is 0 Å². The highest BCUT2D eigenvalue weighted by atomic mass is 32.1. The topological polar surface area (TPSA) is 64.8 Å². The first-order valence-electron chi connectivity index (χ1n) is 9.03. The number of rotatable bonds is 6. The molecule has 2 aromatic rings. The van der Waals surface area contributed by atoms with Crippen LogP contribution in [0.4, 0.5) is 4.79 Å². The average Bonchev–Trinajstić information content (AvgIpc) is 2.96. The minimum atomic E-state index is -0.244. The van der Waals surface area contributed by atoms with Crippen LogP contribution < -0.4 is 4.74 Å². The van der Waals surface area contributed by atoms with E-state index in [1.807, 2.05) is 48.9 Å². The number of carbonyl (C=O) groups excluding carboxylic acids is 1. The van der Waals surface area contributed by atoms with E-state index in [9.17, 15) is 4.79 Å². The first kappa shape index (κ1) is 19.4. The minimum absolute atomic E-state index is 0.244. The maximum Gasteiger partial charge on any atom is 0.409 e. The molecule has 0 atom stereocenters. The number of hydrogen-bond donors (Lipinski definition) is 0. The first-order chi connectivity index (χ1) is 13.1. The summed E-state index contributed by atoms with van der Waals surface area (Å²) in [5.74, 6) is 1.57. The zero-order valence-corrected chi connectivity index (χ0v) is 16.5. The molecule has 0 saturated carbocycles. The van der Waals surface area contributed by atoms with Gasteiger partial charge in [0.2, 0.25) is 0 Å². The van der Waals surface area contributed by atoms with E-state index in [-0.39, 0.29) is 6.09 Å². The van der Waals surface area contributed by atoms with Crippen LogP contribution in [0.3, 0.4) is 0 Å². The molecule has 27 heavy (non-hydrogen) atoms. The lowest BCUT2D eigenvalue weighted by atomic mass is 10.3. The van der Waals surface area contributed by atoms with Crippen molar-refractivity contribution in [3.8, 4) is 5.75 Å². The number of para-hydroxylation sites is 1.